The average Bonchev–Trinajstić information content (AvgIpc) is 2.90. The molecule has 1 atom stereocenters. The molecule has 3 aromatic carbocycles. The molecule has 0 radical (unpaired) electrons. The van der Waals surface area contributed by atoms with E-state index in [-0.39, 0.29) is 22.7 Å². The summed E-state index contributed by atoms with van der Waals surface area (Å²) in [5.41, 5.74) is 0.426. The highest BCUT2D eigenvalue weighted by Gasteiger charge is 2.32. The summed E-state index contributed by atoms with van der Waals surface area (Å²) in [7, 11) is -1.26. The molecule has 8 nitrogen and oxygen atoms in total. The van der Waals surface area contributed by atoms with Gasteiger partial charge in [0.1, 0.15) is 24.2 Å². The molecule has 1 N–H and O–H groups in total. The van der Waals surface area contributed by atoms with Gasteiger partial charge < -0.3 is 15.0 Å². The second-order valence-electron chi connectivity index (χ2n) is 7.93. The number of benzene rings is 3. The second kappa shape index (κ2) is 11.7. The maximum Gasteiger partial charge on any atom is 0.264 e. The molecular formula is C26H28FN3O5S. The van der Waals surface area contributed by atoms with Crippen LogP contribution in [0.4, 0.5) is 10.1 Å². The molecule has 190 valence electrons. The molecule has 0 fully saturated rings. The lowest BCUT2D eigenvalue weighted by Gasteiger charge is -2.31. The highest BCUT2D eigenvalue weighted by molar-refractivity contribution is 7.92. The second-order valence-corrected chi connectivity index (χ2v) is 9.79. The van der Waals surface area contributed by atoms with Crippen LogP contribution in [-0.4, -0.2) is 51.9 Å². The lowest BCUT2D eigenvalue weighted by atomic mass is 10.1. The Labute approximate surface area is 210 Å². The van der Waals surface area contributed by atoms with Crippen LogP contribution < -0.4 is 14.4 Å². The Kier molecular flexibility index (Phi) is 8.65. The number of nitrogens with one attached hydrogen (secondary N) is 1. The van der Waals surface area contributed by atoms with Crippen LogP contribution >= 0.6 is 0 Å². The normalized spacial score (nSPS) is 11.9. The zero-order valence-corrected chi connectivity index (χ0v) is 21.0. The van der Waals surface area contributed by atoms with E-state index in [0.717, 1.165) is 9.21 Å². The minimum Gasteiger partial charge on any atom is -0.497 e. The van der Waals surface area contributed by atoms with E-state index in [9.17, 15) is 22.4 Å². The van der Waals surface area contributed by atoms with Crippen molar-refractivity contribution in [2.45, 2.75) is 24.4 Å². The molecule has 0 saturated heterocycles. The van der Waals surface area contributed by atoms with Gasteiger partial charge in [0.05, 0.1) is 17.7 Å². The van der Waals surface area contributed by atoms with Gasteiger partial charge in [0, 0.05) is 19.2 Å². The molecule has 3 rings (SSSR count). The summed E-state index contributed by atoms with van der Waals surface area (Å²) in [5, 5.41) is 2.48. The minimum atomic E-state index is -4.16. The van der Waals surface area contributed by atoms with Crippen molar-refractivity contribution in [2.75, 3.05) is 25.0 Å². The van der Waals surface area contributed by atoms with E-state index in [0.29, 0.717) is 5.75 Å². The van der Waals surface area contributed by atoms with Crippen LogP contribution in [0.1, 0.15) is 12.5 Å². The number of ether oxygens (including phenoxy) is 1. The standard InChI is InChI=1S/C26H28FN3O5S/c1-19(26(32)28-2)29(17-20-9-7-8-12-24(20)27)25(31)18-30(21-13-15-22(35-3)16-14-21)36(33,34)23-10-5-4-6-11-23/h4-16,19H,17-18H2,1-3H3,(H,28,32)/t19-/m0/s1. The first-order chi connectivity index (χ1) is 17.2. The lowest BCUT2D eigenvalue weighted by Crippen LogP contribution is -2.50. The maximum atomic E-state index is 14.4. The van der Waals surface area contributed by atoms with Gasteiger partial charge in [0.25, 0.3) is 10.0 Å². The summed E-state index contributed by atoms with van der Waals surface area (Å²) in [6.45, 7) is 0.669. The lowest BCUT2D eigenvalue weighted by molar-refractivity contribution is -0.139. The fourth-order valence-electron chi connectivity index (χ4n) is 3.60. The van der Waals surface area contributed by atoms with E-state index < -0.39 is 40.2 Å². The van der Waals surface area contributed by atoms with Gasteiger partial charge in [-0.25, -0.2) is 12.8 Å². The number of methoxy groups -OCH3 is 1. The Morgan fingerprint density at radius 1 is 0.972 bits per heavy atom. The van der Waals surface area contributed by atoms with E-state index in [1.165, 1.54) is 63.5 Å². The number of hydrogen-bond donors (Lipinski definition) is 1. The molecule has 2 amide bonds. The number of carbonyl (C=O) groups excluding carboxylic acids is 2. The van der Waals surface area contributed by atoms with Crippen molar-refractivity contribution < 1.29 is 27.1 Å². The quantitative estimate of drug-likeness (QED) is 0.449. The zero-order valence-electron chi connectivity index (χ0n) is 20.2. The average molecular weight is 514 g/mol. The molecule has 0 bridgehead atoms. The molecule has 3 aromatic rings. The first-order valence-corrected chi connectivity index (χ1v) is 12.6. The van der Waals surface area contributed by atoms with E-state index in [1.54, 1.807) is 36.4 Å². The Morgan fingerprint density at radius 3 is 2.17 bits per heavy atom. The minimum absolute atomic E-state index is 0.00591. The van der Waals surface area contributed by atoms with Crippen LogP contribution in [0.25, 0.3) is 0 Å². The predicted octanol–water partition coefficient (Wildman–Crippen LogP) is 3.19. The van der Waals surface area contributed by atoms with Crippen molar-refractivity contribution in [2.24, 2.45) is 0 Å². The first-order valence-electron chi connectivity index (χ1n) is 11.2. The summed E-state index contributed by atoms with van der Waals surface area (Å²) in [5.74, 6) is -1.17. The van der Waals surface area contributed by atoms with Crippen molar-refractivity contribution >= 4 is 27.5 Å². The fourth-order valence-corrected chi connectivity index (χ4v) is 5.03. The van der Waals surface area contributed by atoms with Crippen molar-refractivity contribution in [3.63, 3.8) is 0 Å². The first kappa shape index (κ1) is 26.7. The van der Waals surface area contributed by atoms with Crippen LogP contribution in [0, 0.1) is 5.82 Å². The molecule has 0 unspecified atom stereocenters. The van der Waals surface area contributed by atoms with E-state index in [4.69, 9.17) is 4.74 Å². The number of carbonyl (C=O) groups is 2. The number of hydrogen-bond acceptors (Lipinski definition) is 5. The Hall–Kier alpha value is -3.92. The molecule has 0 aliphatic rings. The maximum absolute atomic E-state index is 14.4. The Bertz CT molecular complexity index is 1300. The number of halogens is 1. The highest BCUT2D eigenvalue weighted by atomic mass is 32.2. The summed E-state index contributed by atoms with van der Waals surface area (Å²) in [4.78, 5) is 27.2. The van der Waals surface area contributed by atoms with Gasteiger partial charge in [-0.3, -0.25) is 13.9 Å². The fraction of sp³-hybridized carbons (Fsp3) is 0.231. The number of nitrogens with zero attached hydrogens (tertiary/aromatic N) is 2. The molecule has 0 aromatic heterocycles. The van der Waals surface area contributed by atoms with Gasteiger partial charge in [0.15, 0.2) is 0 Å². The SMILES string of the molecule is CNC(=O)[C@H](C)N(Cc1ccccc1F)C(=O)CN(c1ccc(OC)cc1)S(=O)(=O)c1ccccc1. The van der Waals surface area contributed by atoms with Crippen molar-refractivity contribution in [1.82, 2.24) is 10.2 Å². The molecule has 0 heterocycles. The van der Waals surface area contributed by atoms with Crippen molar-refractivity contribution in [1.29, 1.82) is 0 Å². The molecule has 0 saturated carbocycles. The molecule has 0 aliphatic carbocycles. The van der Waals surface area contributed by atoms with Gasteiger partial charge >= 0.3 is 0 Å². The van der Waals surface area contributed by atoms with Crippen molar-refractivity contribution in [3.05, 3.63) is 90.2 Å². The number of amides is 2. The molecule has 0 spiro atoms. The molecule has 0 aliphatic heterocycles. The van der Waals surface area contributed by atoms with Crippen LogP contribution in [0.3, 0.4) is 0 Å². The molecular weight excluding hydrogens is 485 g/mol. The van der Waals surface area contributed by atoms with E-state index in [1.807, 2.05) is 0 Å². The van der Waals surface area contributed by atoms with Crippen LogP contribution in [0.2, 0.25) is 0 Å². The summed E-state index contributed by atoms with van der Waals surface area (Å²) in [6, 6.07) is 18.8. The van der Waals surface area contributed by atoms with Gasteiger partial charge in [0.2, 0.25) is 11.8 Å². The Morgan fingerprint density at radius 2 is 1.58 bits per heavy atom. The third kappa shape index (κ3) is 6.01. The highest BCUT2D eigenvalue weighted by Crippen LogP contribution is 2.26. The number of rotatable bonds is 10. The monoisotopic (exact) mass is 513 g/mol. The van der Waals surface area contributed by atoms with E-state index >= 15 is 0 Å². The van der Waals surface area contributed by atoms with Gasteiger partial charge in [-0.15, -0.1) is 0 Å². The number of sulfonamides is 1. The predicted molar refractivity (Wildman–Crippen MR) is 134 cm³/mol. The zero-order chi connectivity index (χ0) is 26.3. The van der Waals surface area contributed by atoms with Gasteiger partial charge in [-0.2, -0.15) is 0 Å². The van der Waals surface area contributed by atoms with Gasteiger partial charge in [-0.1, -0.05) is 36.4 Å². The molecule has 36 heavy (non-hydrogen) atoms. The summed E-state index contributed by atoms with van der Waals surface area (Å²) < 4.78 is 47.7. The van der Waals surface area contributed by atoms with Gasteiger partial charge in [-0.05, 0) is 49.4 Å². The number of anilines is 1. The number of likely N-dealkylation sites (N-methyl/N-ethyl adjacent to an activating group) is 1. The van der Waals surface area contributed by atoms with Crippen LogP contribution in [0.15, 0.2) is 83.8 Å². The van der Waals surface area contributed by atoms with Crippen LogP contribution in [0.5, 0.6) is 5.75 Å². The van der Waals surface area contributed by atoms with E-state index in [2.05, 4.69) is 5.32 Å². The largest absolute Gasteiger partial charge is 0.497 e. The van der Waals surface area contributed by atoms with Crippen molar-refractivity contribution in [3.8, 4) is 5.75 Å². The summed E-state index contributed by atoms with van der Waals surface area (Å²) in [6.07, 6.45) is 0. The third-order valence-corrected chi connectivity index (χ3v) is 7.47. The molecule has 10 heteroatoms. The third-order valence-electron chi connectivity index (χ3n) is 5.68. The van der Waals surface area contributed by atoms with Crippen LogP contribution in [-0.2, 0) is 26.2 Å². The summed E-state index contributed by atoms with van der Waals surface area (Å²) >= 11 is 0. The smallest absolute Gasteiger partial charge is 0.264 e. The Balaban J connectivity index is 2.03. The topological polar surface area (TPSA) is 96.0 Å².